The fourth-order valence-electron chi connectivity index (χ4n) is 6.95. The highest BCUT2D eigenvalue weighted by Crippen LogP contribution is 2.65. The molecule has 0 aromatic heterocycles. The number of hydrogen-bond donors (Lipinski definition) is 1. The number of unbranched alkanes of at least 4 members (excludes halogenated alkanes) is 2. The molecule has 1 aromatic carbocycles. The lowest BCUT2D eigenvalue weighted by atomic mass is 9.58. The van der Waals surface area contributed by atoms with Gasteiger partial charge in [-0.3, -0.25) is 4.79 Å². The van der Waals surface area contributed by atoms with Gasteiger partial charge in [-0.25, -0.2) is 0 Å². The molecule has 1 saturated heterocycles. The average molecular weight is 457 g/mol. The number of aryl methyl sites for hydroxylation is 1. The summed E-state index contributed by atoms with van der Waals surface area (Å²) in [6, 6.07) is 4.23. The van der Waals surface area contributed by atoms with Crippen molar-refractivity contribution in [3.05, 3.63) is 17.7 Å². The smallest absolute Gasteiger partial charge is 0.225 e. The van der Waals surface area contributed by atoms with Crippen molar-refractivity contribution in [3.8, 4) is 5.75 Å². The first kappa shape index (κ1) is 24.4. The van der Waals surface area contributed by atoms with Crippen molar-refractivity contribution < 1.29 is 14.3 Å². The van der Waals surface area contributed by atoms with Gasteiger partial charge in [0.2, 0.25) is 5.91 Å². The lowest BCUT2D eigenvalue weighted by molar-refractivity contribution is -0.121. The summed E-state index contributed by atoms with van der Waals surface area (Å²) >= 11 is 0. The van der Waals surface area contributed by atoms with Crippen LogP contribution in [0.15, 0.2) is 12.1 Å². The number of benzene rings is 1. The predicted octanol–water partition coefficient (Wildman–Crippen LogP) is 6.34. The Balaban J connectivity index is 1.51. The van der Waals surface area contributed by atoms with Crippen LogP contribution in [0.5, 0.6) is 5.75 Å². The highest BCUT2D eigenvalue weighted by atomic mass is 16.5. The number of rotatable bonds is 10. The van der Waals surface area contributed by atoms with Crippen LogP contribution in [0, 0.1) is 23.7 Å². The molecule has 2 bridgehead atoms. The second-order valence-corrected chi connectivity index (χ2v) is 11.1. The minimum Gasteiger partial charge on any atom is -0.494 e. The Kier molecular flexibility index (Phi) is 7.57. The van der Waals surface area contributed by atoms with Gasteiger partial charge in [-0.1, -0.05) is 33.1 Å². The summed E-state index contributed by atoms with van der Waals surface area (Å²) < 4.78 is 11.2. The molecule has 3 aliphatic rings. The minimum atomic E-state index is 0.0758. The maximum atomic E-state index is 13.5. The Labute approximate surface area is 200 Å². The van der Waals surface area contributed by atoms with E-state index in [0.717, 1.165) is 61.3 Å². The number of ether oxygens (including phenoxy) is 2. The molecule has 5 nitrogen and oxygen atoms in total. The fourth-order valence-corrected chi connectivity index (χ4v) is 6.95. The van der Waals surface area contributed by atoms with Crippen LogP contribution in [0.1, 0.15) is 83.6 Å². The number of anilines is 2. The Hall–Kier alpha value is -1.75. The SMILES string of the molecule is CCCCCC(C)(CC(=O)Nc1c(C)cc(N2CCOCC2)cc1OC)C12CCC(CC1)C2. The third kappa shape index (κ3) is 5.03. The van der Waals surface area contributed by atoms with E-state index in [1.807, 2.05) is 0 Å². The highest BCUT2D eigenvalue weighted by Gasteiger charge is 2.55. The van der Waals surface area contributed by atoms with E-state index in [4.69, 9.17) is 9.47 Å². The van der Waals surface area contributed by atoms with Crippen LogP contribution in [0.4, 0.5) is 11.4 Å². The van der Waals surface area contributed by atoms with E-state index in [1.54, 1.807) is 7.11 Å². The zero-order valence-electron chi connectivity index (χ0n) is 21.3. The van der Waals surface area contributed by atoms with Crippen LogP contribution in [0.3, 0.4) is 0 Å². The zero-order chi connectivity index (χ0) is 23.5. The van der Waals surface area contributed by atoms with Crippen LogP contribution in [-0.4, -0.2) is 39.3 Å². The molecule has 184 valence electrons. The molecule has 3 fully saturated rings. The fraction of sp³-hybridized carbons (Fsp3) is 0.750. The number of fused-ring (bicyclic) bond motifs is 2. The second kappa shape index (κ2) is 10.2. The van der Waals surface area contributed by atoms with E-state index in [2.05, 4.69) is 43.1 Å². The van der Waals surface area contributed by atoms with Gasteiger partial charge in [0.25, 0.3) is 0 Å². The van der Waals surface area contributed by atoms with E-state index < -0.39 is 0 Å². The van der Waals surface area contributed by atoms with E-state index in [-0.39, 0.29) is 11.3 Å². The van der Waals surface area contributed by atoms with Crippen molar-refractivity contribution in [1.82, 2.24) is 0 Å². The molecule has 1 aromatic rings. The molecule has 5 heteroatoms. The molecular formula is C28H44N2O3. The van der Waals surface area contributed by atoms with Crippen LogP contribution >= 0.6 is 0 Å². The minimum absolute atomic E-state index is 0.0758. The van der Waals surface area contributed by atoms with Crippen LogP contribution < -0.4 is 15.0 Å². The molecule has 0 radical (unpaired) electrons. The molecule has 1 unspecified atom stereocenters. The molecule has 1 heterocycles. The predicted molar refractivity (Wildman–Crippen MR) is 135 cm³/mol. The number of hydrogen-bond acceptors (Lipinski definition) is 4. The lowest BCUT2D eigenvalue weighted by Crippen LogP contribution is -2.40. The molecule has 1 atom stereocenters. The van der Waals surface area contributed by atoms with Crippen molar-refractivity contribution >= 4 is 17.3 Å². The molecule has 2 saturated carbocycles. The Morgan fingerprint density at radius 1 is 1.24 bits per heavy atom. The summed E-state index contributed by atoms with van der Waals surface area (Å²) in [6.45, 7) is 10.0. The number of nitrogens with one attached hydrogen (secondary N) is 1. The van der Waals surface area contributed by atoms with Crippen molar-refractivity contribution in [2.24, 2.45) is 16.7 Å². The molecule has 2 aliphatic carbocycles. The first-order valence-electron chi connectivity index (χ1n) is 13.2. The summed E-state index contributed by atoms with van der Waals surface area (Å²) in [6.07, 6.45) is 12.2. The van der Waals surface area contributed by atoms with Crippen LogP contribution in [-0.2, 0) is 9.53 Å². The molecule has 1 amide bonds. The quantitative estimate of drug-likeness (QED) is 0.418. The van der Waals surface area contributed by atoms with Gasteiger partial charge in [-0.15, -0.1) is 0 Å². The van der Waals surface area contributed by atoms with E-state index in [9.17, 15) is 4.79 Å². The summed E-state index contributed by atoms with van der Waals surface area (Å²) in [4.78, 5) is 15.8. The Morgan fingerprint density at radius 3 is 2.58 bits per heavy atom. The third-order valence-corrected chi connectivity index (χ3v) is 9.05. The maximum absolute atomic E-state index is 13.5. The summed E-state index contributed by atoms with van der Waals surface area (Å²) in [5, 5.41) is 3.28. The molecule has 4 rings (SSSR count). The van der Waals surface area contributed by atoms with Gasteiger partial charge in [0.1, 0.15) is 5.75 Å². The first-order chi connectivity index (χ1) is 15.9. The molecule has 1 aliphatic heterocycles. The summed E-state index contributed by atoms with van der Waals surface area (Å²) in [5.74, 6) is 1.78. The lowest BCUT2D eigenvalue weighted by Gasteiger charge is -2.46. The molecule has 0 spiro atoms. The number of amides is 1. The molecule has 1 N–H and O–H groups in total. The Bertz CT molecular complexity index is 825. The first-order valence-corrected chi connectivity index (χ1v) is 13.2. The van der Waals surface area contributed by atoms with Gasteiger partial charge in [0, 0.05) is 31.3 Å². The topological polar surface area (TPSA) is 50.8 Å². The number of morpholine rings is 1. The van der Waals surface area contributed by atoms with Gasteiger partial charge < -0.3 is 19.7 Å². The normalized spacial score (nSPS) is 26.3. The van der Waals surface area contributed by atoms with E-state index in [1.165, 1.54) is 51.4 Å². The maximum Gasteiger partial charge on any atom is 0.225 e. The number of nitrogens with zero attached hydrogens (tertiary/aromatic N) is 1. The number of methoxy groups -OCH3 is 1. The van der Waals surface area contributed by atoms with Crippen molar-refractivity contribution in [2.45, 2.75) is 85.0 Å². The van der Waals surface area contributed by atoms with Gasteiger partial charge >= 0.3 is 0 Å². The van der Waals surface area contributed by atoms with Crippen molar-refractivity contribution in [2.75, 3.05) is 43.6 Å². The van der Waals surface area contributed by atoms with E-state index >= 15 is 0 Å². The van der Waals surface area contributed by atoms with Crippen molar-refractivity contribution in [3.63, 3.8) is 0 Å². The number of carbonyl (C=O) groups excluding carboxylic acids is 1. The summed E-state index contributed by atoms with van der Waals surface area (Å²) in [5.41, 5.74) is 3.45. The van der Waals surface area contributed by atoms with Gasteiger partial charge in [-0.05, 0) is 73.8 Å². The average Bonchev–Trinajstić information content (AvgIpc) is 3.44. The molecular weight excluding hydrogens is 412 g/mol. The monoisotopic (exact) mass is 456 g/mol. The van der Waals surface area contributed by atoms with Gasteiger partial charge in [0.05, 0.1) is 26.0 Å². The van der Waals surface area contributed by atoms with Gasteiger partial charge in [-0.2, -0.15) is 0 Å². The number of carbonyl (C=O) groups is 1. The highest BCUT2D eigenvalue weighted by molar-refractivity contribution is 5.94. The van der Waals surface area contributed by atoms with Crippen molar-refractivity contribution in [1.29, 1.82) is 0 Å². The van der Waals surface area contributed by atoms with Gasteiger partial charge in [0.15, 0.2) is 0 Å². The largest absolute Gasteiger partial charge is 0.494 e. The standard InChI is InChI=1S/C28H44N2O3/c1-5-6-7-10-27(3,28-11-8-22(19-28)9-12-28)20-25(31)29-26-21(2)17-23(18-24(26)32-4)30-13-15-33-16-14-30/h17-18,22H,5-16,19-20H2,1-4H3,(H,29,31). The second-order valence-electron chi connectivity index (χ2n) is 11.1. The molecule has 33 heavy (non-hydrogen) atoms. The zero-order valence-corrected chi connectivity index (χ0v) is 21.3. The van der Waals surface area contributed by atoms with Crippen LogP contribution in [0.25, 0.3) is 0 Å². The van der Waals surface area contributed by atoms with E-state index in [0.29, 0.717) is 11.8 Å². The van der Waals surface area contributed by atoms with Crippen LogP contribution in [0.2, 0.25) is 0 Å². The Morgan fingerprint density at radius 2 is 1.97 bits per heavy atom. The summed E-state index contributed by atoms with van der Waals surface area (Å²) in [7, 11) is 1.69. The third-order valence-electron chi connectivity index (χ3n) is 9.05.